The number of halogens is 2. The third-order valence-electron chi connectivity index (χ3n) is 4.60. The summed E-state index contributed by atoms with van der Waals surface area (Å²) in [7, 11) is 1.66. The van der Waals surface area contributed by atoms with Crippen molar-refractivity contribution in [3.05, 3.63) is 59.2 Å². The Morgan fingerprint density at radius 1 is 1.21 bits per heavy atom. The first kappa shape index (κ1) is 20.3. The topological polar surface area (TPSA) is 38.8 Å². The van der Waals surface area contributed by atoms with Gasteiger partial charge in [0, 0.05) is 18.7 Å². The molecule has 0 saturated carbocycles. The minimum absolute atomic E-state index is 0.317. The molecule has 28 heavy (non-hydrogen) atoms. The van der Waals surface area contributed by atoms with Crippen LogP contribution in [0.15, 0.2) is 36.4 Å². The number of nitrogens with zero attached hydrogens (tertiary/aromatic N) is 1. The minimum atomic E-state index is -0.605. The Bertz CT molecular complexity index is 877. The summed E-state index contributed by atoms with van der Waals surface area (Å²) in [5, 5.41) is 0. The largest absolute Gasteiger partial charge is 0.444 e. The second-order valence-electron chi connectivity index (χ2n) is 7.97. The summed E-state index contributed by atoms with van der Waals surface area (Å²) >= 11 is 0. The monoisotopic (exact) mass is 389 g/mol. The number of carbonyl (C=O) groups excluding carboxylic acids is 1. The van der Waals surface area contributed by atoms with Gasteiger partial charge in [0.1, 0.15) is 23.3 Å². The lowest BCUT2D eigenvalue weighted by Crippen LogP contribution is -2.38. The van der Waals surface area contributed by atoms with E-state index in [1.165, 1.54) is 17.0 Å². The number of fused-ring (bicyclic) bond motifs is 1. The molecule has 0 N–H and O–H groups in total. The van der Waals surface area contributed by atoms with E-state index in [2.05, 4.69) is 0 Å². The van der Waals surface area contributed by atoms with E-state index in [1.807, 2.05) is 39.0 Å². The molecule has 1 aliphatic rings. The van der Waals surface area contributed by atoms with Crippen LogP contribution in [0.1, 0.15) is 38.0 Å². The molecule has 0 fully saturated rings. The summed E-state index contributed by atoms with van der Waals surface area (Å²) in [6.07, 6.45) is -0.150. The Morgan fingerprint density at radius 3 is 2.64 bits per heavy atom. The van der Waals surface area contributed by atoms with Gasteiger partial charge in [-0.1, -0.05) is 18.2 Å². The summed E-state index contributed by atoms with van der Waals surface area (Å²) in [5.41, 5.74) is 2.37. The Balaban J connectivity index is 1.88. The van der Waals surface area contributed by atoms with E-state index in [4.69, 9.17) is 9.47 Å². The van der Waals surface area contributed by atoms with Crippen molar-refractivity contribution in [3.63, 3.8) is 0 Å². The third-order valence-corrected chi connectivity index (χ3v) is 4.60. The van der Waals surface area contributed by atoms with Crippen molar-refractivity contribution in [3.8, 4) is 11.1 Å². The van der Waals surface area contributed by atoms with Crippen LogP contribution in [0.5, 0.6) is 0 Å². The molecule has 0 radical (unpaired) electrons. The van der Waals surface area contributed by atoms with Crippen LogP contribution in [-0.2, 0) is 15.9 Å². The third kappa shape index (κ3) is 4.50. The molecule has 1 aliphatic heterocycles. The van der Waals surface area contributed by atoms with Gasteiger partial charge >= 0.3 is 6.09 Å². The van der Waals surface area contributed by atoms with Gasteiger partial charge in [0.25, 0.3) is 0 Å². The fourth-order valence-electron chi connectivity index (χ4n) is 3.35. The van der Waals surface area contributed by atoms with Gasteiger partial charge in [-0.15, -0.1) is 0 Å². The second kappa shape index (κ2) is 7.87. The molecule has 2 aromatic carbocycles. The van der Waals surface area contributed by atoms with E-state index in [-0.39, 0.29) is 6.10 Å². The molecule has 4 nitrogen and oxygen atoms in total. The molecule has 0 saturated heterocycles. The molecular weight excluding hydrogens is 364 g/mol. The molecule has 0 aromatic heterocycles. The Morgan fingerprint density at radius 2 is 1.96 bits per heavy atom. The molecule has 0 bridgehead atoms. The smallest absolute Gasteiger partial charge is 0.410 e. The second-order valence-corrected chi connectivity index (χ2v) is 7.97. The number of benzene rings is 2. The molecular formula is C22H25F2NO3. The fraction of sp³-hybridized carbons (Fsp3) is 0.409. The van der Waals surface area contributed by atoms with E-state index in [9.17, 15) is 13.6 Å². The first-order valence-electron chi connectivity index (χ1n) is 9.28. The fourth-order valence-corrected chi connectivity index (χ4v) is 3.35. The van der Waals surface area contributed by atoms with Crippen molar-refractivity contribution >= 4 is 6.09 Å². The average molecular weight is 389 g/mol. The van der Waals surface area contributed by atoms with Crippen LogP contribution in [0, 0.1) is 11.6 Å². The number of carbonyl (C=O) groups is 1. The van der Waals surface area contributed by atoms with E-state index in [1.54, 1.807) is 7.05 Å². The van der Waals surface area contributed by atoms with Crippen LogP contribution in [0.25, 0.3) is 11.1 Å². The molecule has 1 amide bonds. The van der Waals surface area contributed by atoms with Gasteiger partial charge in [-0.05, 0) is 56.0 Å². The number of hydrogen-bond donors (Lipinski definition) is 0. The maximum atomic E-state index is 14.3. The zero-order valence-corrected chi connectivity index (χ0v) is 16.6. The van der Waals surface area contributed by atoms with Crippen LogP contribution in [0.2, 0.25) is 0 Å². The van der Waals surface area contributed by atoms with Gasteiger partial charge in [-0.2, -0.15) is 0 Å². The molecule has 1 heterocycles. The van der Waals surface area contributed by atoms with Crippen molar-refractivity contribution in [2.45, 2.75) is 38.9 Å². The molecule has 6 heteroatoms. The highest BCUT2D eigenvalue weighted by molar-refractivity contribution is 5.70. The predicted octanol–water partition coefficient (Wildman–Crippen LogP) is 5.11. The highest BCUT2D eigenvalue weighted by Crippen LogP contribution is 2.36. The predicted molar refractivity (Wildman–Crippen MR) is 103 cm³/mol. The quantitative estimate of drug-likeness (QED) is 0.732. The van der Waals surface area contributed by atoms with E-state index in [0.717, 1.165) is 22.8 Å². The van der Waals surface area contributed by atoms with Crippen molar-refractivity contribution in [1.29, 1.82) is 0 Å². The molecule has 1 atom stereocenters. The lowest BCUT2D eigenvalue weighted by Gasteiger charge is -2.32. The number of likely N-dealkylation sites (N-methyl/N-ethyl adjacent to an activating group) is 1. The Hall–Kier alpha value is -2.47. The van der Waals surface area contributed by atoms with Gasteiger partial charge in [-0.25, -0.2) is 13.6 Å². The normalized spacial score (nSPS) is 16.4. The zero-order chi connectivity index (χ0) is 20.5. The zero-order valence-electron chi connectivity index (χ0n) is 16.6. The summed E-state index contributed by atoms with van der Waals surface area (Å²) in [6.45, 7) is 6.22. The Kier molecular flexibility index (Phi) is 5.70. The maximum absolute atomic E-state index is 14.3. The standard InChI is InChI=1S/C22H25F2NO3/c1-22(2,3)28-21(26)25(4)13-20-18-7-5-6-15(16(18)10-11-27-20)17-9-8-14(23)12-19(17)24/h5-9,12,20H,10-11,13H2,1-4H3/t20-/m1/s1. The summed E-state index contributed by atoms with van der Waals surface area (Å²) in [4.78, 5) is 13.8. The van der Waals surface area contributed by atoms with Crippen molar-refractivity contribution in [1.82, 2.24) is 4.90 Å². The summed E-state index contributed by atoms with van der Waals surface area (Å²) < 4.78 is 38.9. The van der Waals surface area contributed by atoms with Gasteiger partial charge in [0.05, 0.1) is 13.2 Å². The van der Waals surface area contributed by atoms with E-state index < -0.39 is 23.3 Å². The van der Waals surface area contributed by atoms with Crippen molar-refractivity contribution in [2.75, 3.05) is 20.2 Å². The van der Waals surface area contributed by atoms with Crippen LogP contribution >= 0.6 is 0 Å². The Labute approximate surface area is 164 Å². The van der Waals surface area contributed by atoms with Crippen LogP contribution < -0.4 is 0 Å². The van der Waals surface area contributed by atoms with Gasteiger partial charge in [0.2, 0.25) is 0 Å². The molecule has 150 valence electrons. The number of rotatable bonds is 3. The first-order chi connectivity index (χ1) is 13.2. The SMILES string of the molecule is CN(C[C@H]1OCCc2c(-c3ccc(F)cc3F)cccc21)C(=O)OC(C)(C)C. The molecule has 3 rings (SSSR count). The molecule has 0 aliphatic carbocycles. The van der Waals surface area contributed by atoms with Crippen LogP contribution in [0.3, 0.4) is 0 Å². The van der Waals surface area contributed by atoms with E-state index >= 15 is 0 Å². The number of ether oxygens (including phenoxy) is 2. The van der Waals surface area contributed by atoms with Gasteiger partial charge in [0.15, 0.2) is 0 Å². The maximum Gasteiger partial charge on any atom is 0.410 e. The van der Waals surface area contributed by atoms with Crippen LogP contribution in [0.4, 0.5) is 13.6 Å². The average Bonchev–Trinajstić information content (AvgIpc) is 2.60. The molecule has 0 unspecified atom stereocenters. The van der Waals surface area contributed by atoms with Gasteiger partial charge in [-0.3, -0.25) is 0 Å². The lowest BCUT2D eigenvalue weighted by atomic mass is 9.89. The highest BCUT2D eigenvalue weighted by Gasteiger charge is 2.28. The van der Waals surface area contributed by atoms with E-state index in [0.29, 0.717) is 25.1 Å². The first-order valence-corrected chi connectivity index (χ1v) is 9.28. The van der Waals surface area contributed by atoms with Crippen molar-refractivity contribution < 1.29 is 23.0 Å². The number of amides is 1. The van der Waals surface area contributed by atoms with Crippen LogP contribution in [-0.4, -0.2) is 36.8 Å². The highest BCUT2D eigenvalue weighted by atomic mass is 19.1. The lowest BCUT2D eigenvalue weighted by molar-refractivity contribution is -0.00157. The minimum Gasteiger partial charge on any atom is -0.444 e. The molecule has 0 spiro atoms. The molecule has 2 aromatic rings. The summed E-state index contributed by atoms with van der Waals surface area (Å²) in [5.74, 6) is -1.20. The van der Waals surface area contributed by atoms with Gasteiger partial charge < -0.3 is 14.4 Å². The summed E-state index contributed by atoms with van der Waals surface area (Å²) in [6, 6.07) is 9.18. The van der Waals surface area contributed by atoms with Crippen molar-refractivity contribution in [2.24, 2.45) is 0 Å². The number of hydrogen-bond acceptors (Lipinski definition) is 3.